The van der Waals surface area contributed by atoms with Gasteiger partial charge in [0.2, 0.25) is 5.76 Å². The fraction of sp³-hybridized carbons (Fsp3) is 0.120. The van der Waals surface area contributed by atoms with Crippen molar-refractivity contribution in [3.63, 3.8) is 0 Å². The van der Waals surface area contributed by atoms with Crippen molar-refractivity contribution in [3.8, 4) is 5.75 Å². The molecule has 5 rings (SSSR count). The zero-order valence-corrected chi connectivity index (χ0v) is 19.5. The van der Waals surface area contributed by atoms with Crippen LogP contribution in [-0.4, -0.2) is 13.0 Å². The average Bonchev–Trinajstić information content (AvgIpc) is 3.07. The minimum absolute atomic E-state index is 0.0447. The van der Waals surface area contributed by atoms with Crippen molar-refractivity contribution in [2.24, 2.45) is 0 Å². The second kappa shape index (κ2) is 7.80. The number of ether oxygens (including phenoxy) is 1. The van der Waals surface area contributed by atoms with Crippen LogP contribution < -0.4 is 15.1 Å². The molecule has 0 saturated heterocycles. The number of rotatable bonds is 3. The third-order valence-corrected chi connectivity index (χ3v) is 6.39. The molecule has 1 unspecified atom stereocenters. The second-order valence-corrected chi connectivity index (χ2v) is 8.95. The highest BCUT2D eigenvalue weighted by atomic mass is 79.9. The molecule has 160 valence electrons. The number of hydrogen-bond acceptors (Lipinski definition) is 4. The maximum atomic E-state index is 13.6. The second-order valence-electron chi connectivity index (χ2n) is 7.63. The first-order chi connectivity index (χ1) is 15.4. The summed E-state index contributed by atoms with van der Waals surface area (Å²) in [6.45, 7) is 1.91. The lowest BCUT2D eigenvalue weighted by Gasteiger charge is -2.25. The molecule has 4 aromatic rings. The van der Waals surface area contributed by atoms with Gasteiger partial charge >= 0.3 is 0 Å². The Hall–Kier alpha value is -3.09. The van der Waals surface area contributed by atoms with Crippen LogP contribution in [0.25, 0.3) is 11.0 Å². The summed E-state index contributed by atoms with van der Waals surface area (Å²) >= 11 is 9.86. The molecule has 3 aromatic carbocycles. The zero-order valence-electron chi connectivity index (χ0n) is 17.2. The van der Waals surface area contributed by atoms with Gasteiger partial charge in [0.1, 0.15) is 11.3 Å². The zero-order chi connectivity index (χ0) is 22.6. The van der Waals surface area contributed by atoms with E-state index in [1.165, 1.54) is 7.11 Å². The predicted octanol–water partition coefficient (Wildman–Crippen LogP) is 6.28. The molecule has 0 fully saturated rings. The molecule has 0 saturated carbocycles. The van der Waals surface area contributed by atoms with Gasteiger partial charge in [0.15, 0.2) is 5.43 Å². The number of fused-ring (bicyclic) bond motifs is 2. The SMILES string of the molecule is COc1ccc(N2C(=O)c3oc4ccc(C)cc4c(=O)c3C2c2cccc(Br)c2)cc1Cl. The van der Waals surface area contributed by atoms with Gasteiger partial charge in [-0.2, -0.15) is 0 Å². The Morgan fingerprint density at radius 3 is 2.59 bits per heavy atom. The lowest BCUT2D eigenvalue weighted by molar-refractivity contribution is 0.0971. The molecule has 1 aliphatic heterocycles. The highest BCUT2D eigenvalue weighted by Crippen LogP contribution is 2.43. The van der Waals surface area contributed by atoms with Gasteiger partial charge in [-0.1, -0.05) is 51.3 Å². The average molecular weight is 511 g/mol. The van der Waals surface area contributed by atoms with Crippen molar-refractivity contribution in [1.29, 1.82) is 0 Å². The van der Waals surface area contributed by atoms with Crippen LogP contribution in [0.3, 0.4) is 0 Å². The van der Waals surface area contributed by atoms with Crippen LogP contribution in [0.5, 0.6) is 5.75 Å². The van der Waals surface area contributed by atoms with Crippen LogP contribution in [0.1, 0.15) is 33.3 Å². The Balaban J connectivity index is 1.81. The number of nitrogens with zero attached hydrogens (tertiary/aromatic N) is 1. The van der Waals surface area contributed by atoms with Crippen molar-refractivity contribution < 1.29 is 13.9 Å². The largest absolute Gasteiger partial charge is 0.495 e. The number of anilines is 1. The van der Waals surface area contributed by atoms with E-state index in [2.05, 4.69) is 15.9 Å². The smallest absolute Gasteiger partial charge is 0.295 e. The summed E-state index contributed by atoms with van der Waals surface area (Å²) in [6, 6.07) is 17.3. The van der Waals surface area contributed by atoms with Crippen molar-refractivity contribution in [3.05, 3.63) is 103 Å². The standard InChI is InChI=1S/C25H17BrClNO4/c1-13-6-8-19-17(10-13)23(29)21-22(14-4-3-5-15(26)11-14)28(25(30)24(21)32-19)16-7-9-20(31-2)18(27)12-16/h3-12,22H,1-2H3. The molecular formula is C25H17BrClNO4. The molecular weight excluding hydrogens is 494 g/mol. The van der Waals surface area contributed by atoms with Crippen molar-refractivity contribution in [1.82, 2.24) is 0 Å². The Morgan fingerprint density at radius 1 is 1.06 bits per heavy atom. The molecule has 0 N–H and O–H groups in total. The van der Waals surface area contributed by atoms with E-state index in [4.69, 9.17) is 20.8 Å². The van der Waals surface area contributed by atoms with E-state index in [9.17, 15) is 9.59 Å². The molecule has 0 bridgehead atoms. The molecule has 1 aliphatic rings. The Kier molecular flexibility index (Phi) is 5.07. The Bertz CT molecular complexity index is 1460. The number of aryl methyl sites for hydroxylation is 1. The van der Waals surface area contributed by atoms with Gasteiger partial charge in [-0.15, -0.1) is 0 Å². The van der Waals surface area contributed by atoms with Gasteiger partial charge in [0.05, 0.1) is 29.1 Å². The summed E-state index contributed by atoms with van der Waals surface area (Å²) < 4.78 is 12.1. The van der Waals surface area contributed by atoms with E-state index in [1.54, 1.807) is 35.2 Å². The number of benzene rings is 3. The molecule has 2 heterocycles. The van der Waals surface area contributed by atoms with E-state index in [0.29, 0.717) is 33.0 Å². The van der Waals surface area contributed by atoms with Crippen LogP contribution in [-0.2, 0) is 0 Å². The number of amides is 1. The summed E-state index contributed by atoms with van der Waals surface area (Å²) in [7, 11) is 1.53. The molecule has 32 heavy (non-hydrogen) atoms. The van der Waals surface area contributed by atoms with Gasteiger partial charge in [-0.3, -0.25) is 14.5 Å². The molecule has 0 radical (unpaired) electrons. The summed E-state index contributed by atoms with van der Waals surface area (Å²) in [4.78, 5) is 28.8. The normalized spacial score (nSPS) is 15.3. The topological polar surface area (TPSA) is 59.8 Å². The molecule has 5 nitrogen and oxygen atoms in total. The lowest BCUT2D eigenvalue weighted by Crippen LogP contribution is -2.29. The van der Waals surface area contributed by atoms with Crippen molar-refractivity contribution in [2.75, 3.05) is 12.0 Å². The first-order valence-corrected chi connectivity index (χ1v) is 11.1. The van der Waals surface area contributed by atoms with Crippen LogP contribution >= 0.6 is 27.5 Å². The van der Waals surface area contributed by atoms with Crippen LogP contribution in [0.4, 0.5) is 5.69 Å². The number of carbonyl (C=O) groups excluding carboxylic acids is 1. The fourth-order valence-electron chi connectivity index (χ4n) is 4.15. The number of methoxy groups -OCH3 is 1. The van der Waals surface area contributed by atoms with E-state index in [0.717, 1.165) is 15.6 Å². The fourth-order valence-corrected chi connectivity index (χ4v) is 4.82. The van der Waals surface area contributed by atoms with Gasteiger partial charge in [0.25, 0.3) is 5.91 Å². The molecule has 1 atom stereocenters. The first kappa shape index (κ1) is 20.8. The van der Waals surface area contributed by atoms with Gasteiger partial charge in [0, 0.05) is 10.2 Å². The summed E-state index contributed by atoms with van der Waals surface area (Å²) in [5.41, 5.74) is 2.74. The maximum absolute atomic E-state index is 13.6. The van der Waals surface area contributed by atoms with Crippen molar-refractivity contribution >= 4 is 50.1 Å². The summed E-state index contributed by atoms with van der Waals surface area (Å²) in [5, 5.41) is 0.813. The molecule has 0 spiro atoms. The minimum atomic E-state index is -0.666. The van der Waals surface area contributed by atoms with Gasteiger partial charge < -0.3 is 9.15 Å². The third-order valence-electron chi connectivity index (χ3n) is 5.60. The molecule has 0 aliphatic carbocycles. The maximum Gasteiger partial charge on any atom is 0.295 e. The van der Waals surface area contributed by atoms with Crippen LogP contribution in [0, 0.1) is 6.92 Å². The highest BCUT2D eigenvalue weighted by molar-refractivity contribution is 9.10. The number of hydrogen-bond donors (Lipinski definition) is 0. The number of carbonyl (C=O) groups is 1. The summed E-state index contributed by atoms with van der Waals surface area (Å²) in [5.74, 6) is 0.142. The monoisotopic (exact) mass is 509 g/mol. The molecule has 1 amide bonds. The first-order valence-electron chi connectivity index (χ1n) is 9.89. The predicted molar refractivity (Wildman–Crippen MR) is 128 cm³/mol. The molecule has 1 aromatic heterocycles. The van der Waals surface area contributed by atoms with Crippen LogP contribution in [0.15, 0.2) is 74.3 Å². The Labute approximate surface area is 197 Å². The highest BCUT2D eigenvalue weighted by Gasteiger charge is 2.43. The van der Waals surface area contributed by atoms with Crippen LogP contribution in [0.2, 0.25) is 5.02 Å². The van der Waals surface area contributed by atoms with E-state index >= 15 is 0 Å². The quantitative estimate of drug-likeness (QED) is 0.326. The van der Waals surface area contributed by atoms with Crippen molar-refractivity contribution in [2.45, 2.75) is 13.0 Å². The van der Waals surface area contributed by atoms with E-state index in [1.807, 2.05) is 37.3 Å². The van der Waals surface area contributed by atoms with E-state index in [-0.39, 0.29) is 11.2 Å². The number of halogens is 2. The Morgan fingerprint density at radius 2 is 1.88 bits per heavy atom. The van der Waals surface area contributed by atoms with E-state index < -0.39 is 11.9 Å². The molecule has 7 heteroatoms. The van der Waals surface area contributed by atoms with Gasteiger partial charge in [-0.05, 0) is 55.0 Å². The minimum Gasteiger partial charge on any atom is -0.495 e. The summed E-state index contributed by atoms with van der Waals surface area (Å²) in [6.07, 6.45) is 0. The third kappa shape index (κ3) is 3.22. The van der Waals surface area contributed by atoms with Gasteiger partial charge in [-0.25, -0.2) is 0 Å². The lowest BCUT2D eigenvalue weighted by atomic mass is 9.98.